The van der Waals surface area contributed by atoms with Crippen LogP contribution in [0.25, 0.3) is 11.1 Å². The van der Waals surface area contributed by atoms with Gasteiger partial charge in [-0.1, -0.05) is 0 Å². The third-order valence-corrected chi connectivity index (χ3v) is 5.98. The molecule has 0 bridgehead atoms. The molecule has 37 heavy (non-hydrogen) atoms. The van der Waals surface area contributed by atoms with Crippen molar-refractivity contribution >= 4 is 34.5 Å². The summed E-state index contributed by atoms with van der Waals surface area (Å²) in [5.74, 6) is -0.239. The van der Waals surface area contributed by atoms with E-state index in [1.807, 2.05) is 28.4 Å². The molecule has 0 unspecified atom stereocenters. The number of rotatable bonds is 7. The summed E-state index contributed by atoms with van der Waals surface area (Å²) in [4.78, 5) is 12.0. The van der Waals surface area contributed by atoms with Gasteiger partial charge in [0, 0.05) is 47.6 Å². The van der Waals surface area contributed by atoms with E-state index >= 15 is 0 Å². The first-order valence-electron chi connectivity index (χ1n) is 12.3. The monoisotopic (exact) mass is 524 g/mol. The predicted molar refractivity (Wildman–Crippen MR) is 145 cm³/mol. The van der Waals surface area contributed by atoms with Gasteiger partial charge in [0.2, 0.25) is 0 Å². The average Bonchev–Trinajstić information content (AvgIpc) is 3.55. The molecule has 200 valence electrons. The number of esters is 1. The molecule has 2 aromatic heterocycles. The minimum atomic E-state index is -0.239. The van der Waals surface area contributed by atoms with E-state index in [4.69, 9.17) is 14.2 Å². The maximum absolute atomic E-state index is 12.0. The van der Waals surface area contributed by atoms with Crippen molar-refractivity contribution in [3.63, 3.8) is 0 Å². The number of aromatic nitrogens is 4. The number of nitrogens with zero attached hydrogens (tertiary/aromatic N) is 4. The van der Waals surface area contributed by atoms with Crippen LogP contribution in [0.2, 0.25) is 0 Å². The second-order valence-corrected chi connectivity index (χ2v) is 9.03. The molecule has 0 aromatic carbocycles. The summed E-state index contributed by atoms with van der Waals surface area (Å²) >= 11 is 0. The zero-order valence-electron chi connectivity index (χ0n) is 23.5. The van der Waals surface area contributed by atoms with Crippen LogP contribution in [0.3, 0.4) is 0 Å². The number of aliphatic hydroxyl groups excluding tert-OH is 1. The van der Waals surface area contributed by atoms with Gasteiger partial charge in [0.1, 0.15) is 0 Å². The Kier molecular flexibility index (Phi) is 14.8. The molecule has 9 nitrogen and oxygen atoms in total. The van der Waals surface area contributed by atoms with Crippen LogP contribution in [0.1, 0.15) is 72.4 Å². The molecule has 0 amide bonds. The standard InChI is InChI=1S/C14H20N2O3.C12H18N2O2.Al.Li.4H/c1-4-19-14(17)11-6-8-18-9-12(11)13-5-7-15-16(13)10(2)3;1-9(2)14-12(3-5-13-14)11-8-16-6-4-10(11)7-15;;;;;;/h5,7,10H,4,6,8-9H2,1-3H3;3,5,9,15H,4,6-8H2,1-2H3;;;;;;/q;;;+1;;;;-1. The Balaban J connectivity index is 0.000000675. The first kappa shape index (κ1) is 33.4. The van der Waals surface area contributed by atoms with Gasteiger partial charge in [0.15, 0.2) is 17.4 Å². The maximum Gasteiger partial charge on any atom is 1.00 e. The minimum Gasteiger partial charge on any atom is -1.00 e. The quantitative estimate of drug-likeness (QED) is 0.394. The molecule has 2 aromatic rings. The van der Waals surface area contributed by atoms with Gasteiger partial charge in [0.05, 0.1) is 51.0 Å². The number of carbonyl (C=O) groups is 1. The summed E-state index contributed by atoms with van der Waals surface area (Å²) in [6, 6.07) is 4.46. The first-order valence-corrected chi connectivity index (χ1v) is 12.3. The van der Waals surface area contributed by atoms with Crippen LogP contribution in [0.5, 0.6) is 0 Å². The summed E-state index contributed by atoms with van der Waals surface area (Å²) in [7, 11) is 0. The summed E-state index contributed by atoms with van der Waals surface area (Å²) < 4.78 is 20.0. The van der Waals surface area contributed by atoms with Crippen LogP contribution < -0.4 is 18.9 Å². The first-order chi connectivity index (χ1) is 16.9. The summed E-state index contributed by atoms with van der Waals surface area (Å²) in [6.45, 7) is 12.9. The molecule has 0 aliphatic carbocycles. The molecular weight excluding hydrogens is 482 g/mol. The van der Waals surface area contributed by atoms with Crippen LogP contribution >= 0.6 is 0 Å². The van der Waals surface area contributed by atoms with Crippen LogP contribution in [0, 0.1) is 0 Å². The van der Waals surface area contributed by atoms with E-state index in [0.29, 0.717) is 45.5 Å². The van der Waals surface area contributed by atoms with Crippen LogP contribution in [0.15, 0.2) is 35.7 Å². The number of hydrogen-bond acceptors (Lipinski definition) is 7. The van der Waals surface area contributed by atoms with E-state index in [2.05, 4.69) is 37.9 Å². The Hall–Kier alpha value is -1.62. The Bertz CT molecular complexity index is 1070. The second-order valence-electron chi connectivity index (χ2n) is 9.03. The van der Waals surface area contributed by atoms with Crippen molar-refractivity contribution in [2.75, 3.05) is 39.6 Å². The van der Waals surface area contributed by atoms with E-state index in [9.17, 15) is 9.90 Å². The molecular formula is C26H42AlLiN4O5. The third-order valence-electron chi connectivity index (χ3n) is 5.98. The van der Waals surface area contributed by atoms with Crippen LogP contribution in [-0.2, 0) is 19.0 Å². The molecule has 11 heteroatoms. The van der Waals surface area contributed by atoms with Crippen molar-refractivity contribution in [2.24, 2.45) is 0 Å². The van der Waals surface area contributed by atoms with Gasteiger partial charge in [-0.2, -0.15) is 10.2 Å². The zero-order chi connectivity index (χ0) is 25.4. The topological polar surface area (TPSA) is 101 Å². The summed E-state index contributed by atoms with van der Waals surface area (Å²) in [5, 5.41) is 18.0. The third kappa shape index (κ3) is 8.43. The van der Waals surface area contributed by atoms with Gasteiger partial charge in [-0.3, -0.25) is 9.36 Å². The molecule has 0 radical (unpaired) electrons. The predicted octanol–water partition coefficient (Wildman–Crippen LogP) is -0.236. The fourth-order valence-electron chi connectivity index (χ4n) is 4.24. The van der Waals surface area contributed by atoms with Crippen molar-refractivity contribution in [2.45, 2.75) is 59.5 Å². The summed E-state index contributed by atoms with van der Waals surface area (Å²) in [6.07, 6.45) is 4.96. The van der Waals surface area contributed by atoms with E-state index in [1.165, 1.54) is 0 Å². The van der Waals surface area contributed by atoms with Crippen LogP contribution in [0.4, 0.5) is 0 Å². The van der Waals surface area contributed by atoms with Gasteiger partial charge in [-0.25, -0.2) is 4.79 Å². The van der Waals surface area contributed by atoms with Crippen molar-refractivity contribution in [3.05, 3.63) is 47.1 Å². The minimum absolute atomic E-state index is 0. The van der Waals surface area contributed by atoms with Gasteiger partial charge in [-0.05, 0) is 58.7 Å². The van der Waals surface area contributed by atoms with E-state index in [-0.39, 0.29) is 56.3 Å². The van der Waals surface area contributed by atoms with E-state index in [0.717, 1.165) is 40.1 Å². The molecule has 1 N–H and O–H groups in total. The molecule has 4 rings (SSSR count). The summed E-state index contributed by atoms with van der Waals surface area (Å²) in [5.41, 5.74) is 5.80. The number of carbonyl (C=O) groups excluding carboxylic acids is 1. The van der Waals surface area contributed by atoms with Gasteiger partial charge in [0.25, 0.3) is 0 Å². The molecule has 0 spiro atoms. The second kappa shape index (κ2) is 16.4. The Labute approximate surface area is 244 Å². The Morgan fingerprint density at radius 1 is 1.00 bits per heavy atom. The van der Waals surface area contributed by atoms with Gasteiger partial charge in [-0.15, -0.1) is 0 Å². The number of aliphatic hydroxyl groups is 1. The van der Waals surface area contributed by atoms with Crippen molar-refractivity contribution in [1.82, 2.24) is 19.6 Å². The molecule has 0 fully saturated rings. The maximum atomic E-state index is 12.0. The largest absolute Gasteiger partial charge is 1.00 e. The molecule has 0 saturated heterocycles. The normalized spacial score (nSPS) is 15.7. The number of hydrogen-bond donors (Lipinski definition) is 1. The van der Waals surface area contributed by atoms with E-state index in [1.54, 1.807) is 12.4 Å². The van der Waals surface area contributed by atoms with Gasteiger partial charge < -0.3 is 20.7 Å². The average molecular weight is 525 g/mol. The van der Waals surface area contributed by atoms with Gasteiger partial charge >= 0.3 is 24.8 Å². The van der Waals surface area contributed by atoms with Crippen molar-refractivity contribution < 1.29 is 44.4 Å². The van der Waals surface area contributed by atoms with Crippen molar-refractivity contribution in [1.29, 1.82) is 0 Å². The molecule has 2 aliphatic heterocycles. The fraction of sp³-hybridized carbons (Fsp3) is 0.577. The molecule has 2 aliphatic rings. The molecule has 0 atom stereocenters. The SMILES string of the molecule is CC(C)n1nccc1C1=C(CO)CCOC1.CCOC(=O)C1=C(c2ccnn2C(C)C)COCC1.[AlH3].[H-].[Li+]. The van der Waals surface area contributed by atoms with Crippen LogP contribution in [-0.4, -0.2) is 87.6 Å². The van der Waals surface area contributed by atoms with Crippen molar-refractivity contribution in [3.8, 4) is 0 Å². The zero-order valence-corrected chi connectivity index (χ0v) is 22.5. The number of ether oxygens (including phenoxy) is 3. The fourth-order valence-corrected chi connectivity index (χ4v) is 4.24. The smallest absolute Gasteiger partial charge is 1.00 e. The molecule has 0 saturated carbocycles. The molecule has 4 heterocycles. The Morgan fingerprint density at radius 3 is 2.03 bits per heavy atom. The Morgan fingerprint density at radius 2 is 1.51 bits per heavy atom. The van der Waals surface area contributed by atoms with E-state index < -0.39 is 0 Å².